The third-order valence-corrected chi connectivity index (χ3v) is 5.57. The van der Waals surface area contributed by atoms with E-state index in [0.29, 0.717) is 12.6 Å². The molecule has 0 amide bonds. The Bertz CT molecular complexity index is 781. The molecule has 29 heavy (non-hydrogen) atoms. The highest BCUT2D eigenvalue weighted by atomic mass is 16.5. The lowest BCUT2D eigenvalue weighted by Crippen LogP contribution is -2.46. The molecule has 2 aromatic rings. The molecule has 0 radical (unpaired) electrons. The number of para-hydroxylation sites is 1. The Hall–Kier alpha value is -2.38. The number of anilines is 2. The number of hydrogen-bond acceptors (Lipinski definition) is 7. The molecule has 7 nitrogen and oxygen atoms in total. The summed E-state index contributed by atoms with van der Waals surface area (Å²) in [6, 6.07) is 10.8. The Labute approximate surface area is 173 Å². The molecule has 7 heteroatoms. The van der Waals surface area contributed by atoms with Crippen LogP contribution < -0.4 is 19.9 Å². The van der Waals surface area contributed by atoms with Gasteiger partial charge in [-0.1, -0.05) is 18.2 Å². The zero-order valence-electron chi connectivity index (χ0n) is 17.2. The van der Waals surface area contributed by atoms with Gasteiger partial charge in [0.05, 0.1) is 19.8 Å². The molecular weight excluding hydrogens is 366 g/mol. The van der Waals surface area contributed by atoms with Crippen LogP contribution >= 0.6 is 0 Å². The van der Waals surface area contributed by atoms with E-state index in [0.717, 1.165) is 69.7 Å². The average molecular weight is 398 g/mol. The van der Waals surface area contributed by atoms with Crippen molar-refractivity contribution >= 4 is 11.6 Å². The van der Waals surface area contributed by atoms with Gasteiger partial charge in [-0.15, -0.1) is 0 Å². The van der Waals surface area contributed by atoms with Crippen LogP contribution in [0.1, 0.15) is 25.3 Å². The summed E-state index contributed by atoms with van der Waals surface area (Å²) in [5, 5.41) is 3.72. The average Bonchev–Trinajstić information content (AvgIpc) is 2.80. The topological polar surface area (TPSA) is 62.8 Å². The van der Waals surface area contributed by atoms with Crippen molar-refractivity contribution in [3.8, 4) is 5.75 Å². The first kappa shape index (κ1) is 19.9. The number of rotatable bonds is 7. The number of piperidine rings is 1. The van der Waals surface area contributed by atoms with E-state index in [9.17, 15) is 0 Å². The van der Waals surface area contributed by atoms with E-state index in [1.54, 1.807) is 6.33 Å². The van der Waals surface area contributed by atoms with Crippen LogP contribution in [0.5, 0.6) is 5.75 Å². The quantitative estimate of drug-likeness (QED) is 0.770. The first-order valence-electron chi connectivity index (χ1n) is 10.7. The Balaban J connectivity index is 1.37. The fourth-order valence-electron chi connectivity index (χ4n) is 4.03. The smallest absolute Gasteiger partial charge is 0.134 e. The van der Waals surface area contributed by atoms with Crippen molar-refractivity contribution < 1.29 is 9.47 Å². The third kappa shape index (κ3) is 5.16. The summed E-state index contributed by atoms with van der Waals surface area (Å²) in [4.78, 5) is 13.7. The van der Waals surface area contributed by atoms with E-state index in [-0.39, 0.29) is 0 Å². The lowest BCUT2D eigenvalue weighted by molar-refractivity contribution is 0.122. The Morgan fingerprint density at radius 1 is 1.10 bits per heavy atom. The number of benzene rings is 1. The minimum Gasteiger partial charge on any atom is -0.494 e. The van der Waals surface area contributed by atoms with Crippen LogP contribution in [0.3, 0.4) is 0 Å². The fraction of sp³-hybridized carbons (Fsp3) is 0.545. The third-order valence-electron chi connectivity index (χ3n) is 5.57. The molecule has 3 heterocycles. The van der Waals surface area contributed by atoms with Crippen LogP contribution in [-0.4, -0.2) is 62.0 Å². The highest BCUT2D eigenvalue weighted by molar-refractivity contribution is 5.50. The van der Waals surface area contributed by atoms with Gasteiger partial charge < -0.3 is 24.6 Å². The molecule has 2 fully saturated rings. The Morgan fingerprint density at radius 3 is 2.72 bits per heavy atom. The summed E-state index contributed by atoms with van der Waals surface area (Å²) in [6.07, 6.45) is 4.02. The summed E-state index contributed by atoms with van der Waals surface area (Å²) in [6.45, 7) is 8.82. The molecule has 4 rings (SSSR count). The number of nitrogens with one attached hydrogen (secondary N) is 1. The number of nitrogens with zero attached hydrogens (tertiary/aromatic N) is 4. The van der Waals surface area contributed by atoms with Crippen LogP contribution in [0, 0.1) is 0 Å². The number of hydrogen-bond donors (Lipinski definition) is 1. The van der Waals surface area contributed by atoms with E-state index < -0.39 is 0 Å². The molecule has 0 aliphatic carbocycles. The van der Waals surface area contributed by atoms with Gasteiger partial charge in [-0.2, -0.15) is 0 Å². The van der Waals surface area contributed by atoms with Crippen molar-refractivity contribution in [3.63, 3.8) is 0 Å². The monoisotopic (exact) mass is 397 g/mol. The number of ether oxygens (including phenoxy) is 2. The van der Waals surface area contributed by atoms with Gasteiger partial charge in [-0.25, -0.2) is 9.97 Å². The predicted molar refractivity (Wildman–Crippen MR) is 115 cm³/mol. The van der Waals surface area contributed by atoms with E-state index in [1.165, 1.54) is 12.0 Å². The first-order valence-corrected chi connectivity index (χ1v) is 10.7. The van der Waals surface area contributed by atoms with Crippen LogP contribution in [0.2, 0.25) is 0 Å². The van der Waals surface area contributed by atoms with Gasteiger partial charge in [-0.3, -0.25) is 0 Å². The summed E-state index contributed by atoms with van der Waals surface area (Å²) in [5.41, 5.74) is 1.21. The normalized spacial score (nSPS) is 20.0. The Morgan fingerprint density at radius 2 is 1.90 bits per heavy atom. The molecule has 2 aliphatic heterocycles. The first-order chi connectivity index (χ1) is 14.3. The Kier molecular flexibility index (Phi) is 6.79. The van der Waals surface area contributed by atoms with Crippen molar-refractivity contribution in [1.29, 1.82) is 0 Å². The zero-order chi connectivity index (χ0) is 19.9. The minimum absolute atomic E-state index is 0.431. The van der Waals surface area contributed by atoms with Gasteiger partial charge in [-0.05, 0) is 25.8 Å². The van der Waals surface area contributed by atoms with Crippen molar-refractivity contribution in [3.05, 3.63) is 42.2 Å². The highest BCUT2D eigenvalue weighted by Gasteiger charge is 2.22. The van der Waals surface area contributed by atoms with Gasteiger partial charge in [0.15, 0.2) is 0 Å². The summed E-state index contributed by atoms with van der Waals surface area (Å²) >= 11 is 0. The molecule has 1 aromatic carbocycles. The molecule has 1 N–H and O–H groups in total. The van der Waals surface area contributed by atoms with Crippen molar-refractivity contribution in [2.45, 2.75) is 32.4 Å². The summed E-state index contributed by atoms with van der Waals surface area (Å²) in [7, 11) is 0. The van der Waals surface area contributed by atoms with Gasteiger partial charge >= 0.3 is 0 Å². The molecule has 1 unspecified atom stereocenters. The van der Waals surface area contributed by atoms with Crippen LogP contribution in [0.15, 0.2) is 36.7 Å². The maximum absolute atomic E-state index is 5.76. The molecule has 1 aromatic heterocycles. The predicted octanol–water partition coefficient (Wildman–Crippen LogP) is 2.47. The standard InChI is InChI=1S/C22H31N5O2/c1-2-29-20-8-4-3-6-18(20)15-23-19-7-5-9-27(16-19)22-14-21(24-17-25-22)26-10-12-28-13-11-26/h3-4,6,8,14,17,19,23H,2,5,7,9-13,15-16H2,1H3. The largest absolute Gasteiger partial charge is 0.494 e. The molecule has 2 saturated heterocycles. The second-order valence-corrected chi connectivity index (χ2v) is 7.54. The fourth-order valence-corrected chi connectivity index (χ4v) is 4.03. The number of morpholine rings is 1. The van der Waals surface area contributed by atoms with Crippen molar-refractivity contribution in [2.24, 2.45) is 0 Å². The molecule has 156 valence electrons. The van der Waals surface area contributed by atoms with Crippen molar-refractivity contribution in [2.75, 3.05) is 55.8 Å². The van der Waals surface area contributed by atoms with Gasteiger partial charge in [0.25, 0.3) is 0 Å². The van der Waals surface area contributed by atoms with Gasteiger partial charge in [0.2, 0.25) is 0 Å². The number of aromatic nitrogens is 2. The lowest BCUT2D eigenvalue weighted by atomic mass is 10.0. The van der Waals surface area contributed by atoms with Crippen molar-refractivity contribution in [1.82, 2.24) is 15.3 Å². The molecular formula is C22H31N5O2. The zero-order valence-corrected chi connectivity index (χ0v) is 17.2. The second kappa shape index (κ2) is 9.89. The van der Waals surface area contributed by atoms with Crippen LogP contribution in [-0.2, 0) is 11.3 Å². The molecule has 1 atom stereocenters. The molecule has 0 saturated carbocycles. The van der Waals surface area contributed by atoms with E-state index in [2.05, 4.69) is 43.3 Å². The summed E-state index contributed by atoms with van der Waals surface area (Å²) < 4.78 is 11.2. The SMILES string of the molecule is CCOc1ccccc1CNC1CCCN(c2cc(N3CCOCC3)ncn2)C1. The highest BCUT2D eigenvalue weighted by Crippen LogP contribution is 2.23. The van der Waals surface area contributed by atoms with E-state index >= 15 is 0 Å². The lowest BCUT2D eigenvalue weighted by Gasteiger charge is -2.35. The molecule has 0 spiro atoms. The van der Waals surface area contributed by atoms with E-state index in [1.807, 2.05) is 19.1 Å². The summed E-state index contributed by atoms with van der Waals surface area (Å²) in [5.74, 6) is 2.99. The maximum atomic E-state index is 5.76. The minimum atomic E-state index is 0.431. The second-order valence-electron chi connectivity index (χ2n) is 7.54. The molecule has 2 aliphatic rings. The van der Waals surface area contributed by atoms with Gasteiger partial charge in [0.1, 0.15) is 23.7 Å². The van der Waals surface area contributed by atoms with Gasteiger partial charge in [0, 0.05) is 50.4 Å². The van der Waals surface area contributed by atoms with Crippen LogP contribution in [0.4, 0.5) is 11.6 Å². The molecule has 0 bridgehead atoms. The maximum Gasteiger partial charge on any atom is 0.134 e. The van der Waals surface area contributed by atoms with Crippen LogP contribution in [0.25, 0.3) is 0 Å². The van der Waals surface area contributed by atoms with E-state index in [4.69, 9.17) is 9.47 Å².